The maximum absolute atomic E-state index is 14.3. The van der Waals surface area contributed by atoms with Crippen LogP contribution >= 0.6 is 22.7 Å². The predicted octanol–water partition coefficient (Wildman–Crippen LogP) is 15.0. The second-order valence-electron chi connectivity index (χ2n) is 20.0. The third-order valence-corrected chi connectivity index (χ3v) is 16.0. The van der Waals surface area contributed by atoms with Crippen molar-refractivity contribution in [1.82, 2.24) is 20.3 Å². The molecule has 0 spiro atoms. The van der Waals surface area contributed by atoms with Crippen molar-refractivity contribution in [3.63, 3.8) is 0 Å². The molecule has 4 heterocycles. The number of aromatic nitrogens is 3. The Hall–Kier alpha value is -9.37. The van der Waals surface area contributed by atoms with Gasteiger partial charge in [0.05, 0.1) is 31.8 Å². The molecular formula is C68H54N7O8S2Zn2-. The fourth-order valence-electron chi connectivity index (χ4n) is 9.73. The number of amides is 2. The number of carboxylic acids is 2. The number of aryl methyl sites for hydroxylation is 6. The molecule has 6 N–H and O–H groups in total. The molecule has 426 valence electrons. The van der Waals surface area contributed by atoms with Gasteiger partial charge in [0.25, 0.3) is 5.91 Å². The average Bonchev–Trinajstić information content (AvgIpc) is 1.67. The summed E-state index contributed by atoms with van der Waals surface area (Å²) in [4.78, 5) is 75.4. The van der Waals surface area contributed by atoms with Gasteiger partial charge in [-0.2, -0.15) is 0 Å². The number of benzene rings is 8. The van der Waals surface area contributed by atoms with E-state index in [1.165, 1.54) is 46.9 Å². The molecule has 1 aliphatic rings. The van der Waals surface area contributed by atoms with Gasteiger partial charge in [-0.3, -0.25) is 9.59 Å². The van der Waals surface area contributed by atoms with Gasteiger partial charge in [-0.25, -0.2) is 24.5 Å². The Morgan fingerprint density at radius 3 is 1.38 bits per heavy atom. The molecule has 0 unspecified atom stereocenters. The Balaban J connectivity index is 0.000000378. The molecule has 0 saturated heterocycles. The Bertz CT molecular complexity index is 4440. The van der Waals surface area contributed by atoms with E-state index in [0.29, 0.717) is 66.7 Å². The molecule has 2 amide bonds. The van der Waals surface area contributed by atoms with Gasteiger partial charge in [0.1, 0.15) is 38.5 Å². The van der Waals surface area contributed by atoms with Crippen LogP contribution in [0.4, 0.5) is 11.6 Å². The van der Waals surface area contributed by atoms with Gasteiger partial charge in [-0.05, 0) is 130 Å². The van der Waals surface area contributed by atoms with Crippen LogP contribution in [0.2, 0.25) is 0 Å². The van der Waals surface area contributed by atoms with Crippen molar-refractivity contribution in [2.24, 2.45) is 9.98 Å². The number of phenols is 2. The molecule has 0 aliphatic carbocycles. The number of aromatic hydroxyl groups is 2. The number of carbonyl (C=O) groups excluding carboxylic acids is 2. The van der Waals surface area contributed by atoms with E-state index in [2.05, 4.69) is 74.7 Å². The molecule has 3 aromatic heterocycles. The number of fused-ring (bicyclic) bond motifs is 2. The summed E-state index contributed by atoms with van der Waals surface area (Å²) in [6, 6.07) is 55.1. The topological polar surface area (TPSA) is 238 Å². The first-order valence-electron chi connectivity index (χ1n) is 26.7. The van der Waals surface area contributed by atoms with Crippen LogP contribution < -0.4 is 15.6 Å². The van der Waals surface area contributed by atoms with Crippen molar-refractivity contribution in [3.05, 3.63) is 248 Å². The second kappa shape index (κ2) is 27.8. The minimum absolute atomic E-state index is 0. The molecule has 0 bridgehead atoms. The molecule has 15 nitrogen and oxygen atoms in total. The molecule has 11 aromatic rings. The number of nitrogens with one attached hydrogen (secondary N) is 2. The van der Waals surface area contributed by atoms with E-state index in [0.717, 1.165) is 64.9 Å². The summed E-state index contributed by atoms with van der Waals surface area (Å²) in [6.07, 6.45) is 0. The zero-order chi connectivity index (χ0) is 60.1. The number of hydrogen-bond donors (Lipinski definition) is 6. The molecule has 12 rings (SSSR count). The summed E-state index contributed by atoms with van der Waals surface area (Å²) >= 11 is 3.06. The first-order chi connectivity index (χ1) is 40.9. The number of amidine groups is 2. The van der Waals surface area contributed by atoms with Crippen molar-refractivity contribution in [2.45, 2.75) is 41.5 Å². The zero-order valence-electron chi connectivity index (χ0n) is 48.2. The summed E-state index contributed by atoms with van der Waals surface area (Å²) in [5.41, 5.74) is 12.9. The average molecular weight is 1290 g/mol. The van der Waals surface area contributed by atoms with Crippen LogP contribution in [0.5, 0.6) is 11.5 Å². The number of hydrogen-bond acceptors (Lipinski definition) is 11. The van der Waals surface area contributed by atoms with Crippen LogP contribution in [-0.4, -0.2) is 65.8 Å². The molecule has 8 aromatic carbocycles. The SMILES string of the molecule is Cc1ccc(C2=C(c3nc4ccccc4s3)C(NC(=O)c3ccccc3C)=NC2=Nc2[n-]c(NC(=O)c3ccccc3C)c(-c3nc4ccccc4s3)c2-c2ccc(C)cc2C)c(C)c1.O=C(O)c1ccccc1O.O=C(O)c1ccccc1O.[Zn].[Zn]. The Labute approximate surface area is 534 Å². The smallest absolute Gasteiger partial charge is 0.339 e. The van der Waals surface area contributed by atoms with E-state index in [9.17, 15) is 19.2 Å². The first-order valence-corrected chi connectivity index (χ1v) is 28.3. The third-order valence-electron chi connectivity index (χ3n) is 13.9. The fraction of sp³-hybridized carbons (Fsp3) is 0.0882. The molecule has 87 heavy (non-hydrogen) atoms. The van der Waals surface area contributed by atoms with Crippen LogP contribution in [0, 0.1) is 41.5 Å². The number of aliphatic imine (C=N–C) groups is 2. The molecule has 0 atom stereocenters. The normalized spacial score (nSPS) is 12.0. The van der Waals surface area contributed by atoms with Crippen molar-refractivity contribution < 1.29 is 78.6 Å². The first kappa shape index (κ1) is 63.6. The number of carbonyl (C=O) groups is 4. The number of carboxylic acid groups (broad SMARTS) is 2. The number of thiazole rings is 2. The largest absolute Gasteiger partial charge is 0.507 e. The summed E-state index contributed by atoms with van der Waals surface area (Å²) in [5.74, 6) is -1.91. The zero-order valence-corrected chi connectivity index (χ0v) is 55.8. The molecule has 0 fully saturated rings. The predicted molar refractivity (Wildman–Crippen MR) is 338 cm³/mol. The van der Waals surface area contributed by atoms with E-state index in [1.807, 2.05) is 111 Å². The van der Waals surface area contributed by atoms with Crippen molar-refractivity contribution in [2.75, 3.05) is 5.32 Å². The summed E-state index contributed by atoms with van der Waals surface area (Å²) in [7, 11) is 0. The van der Waals surface area contributed by atoms with Crippen molar-refractivity contribution in [3.8, 4) is 33.2 Å². The fourth-order valence-corrected chi connectivity index (χ4v) is 11.8. The second-order valence-corrected chi connectivity index (χ2v) is 22.0. The number of rotatable bonds is 10. The number of anilines is 1. The molecule has 19 heteroatoms. The van der Waals surface area contributed by atoms with Gasteiger partial charge in [-0.15, -0.1) is 22.7 Å². The van der Waals surface area contributed by atoms with Crippen LogP contribution in [0.1, 0.15) is 85.4 Å². The molecule has 0 saturated carbocycles. The van der Waals surface area contributed by atoms with E-state index < -0.39 is 11.9 Å². The quantitative estimate of drug-likeness (QED) is 0.0704. The molecular weight excluding hydrogens is 1240 g/mol. The van der Waals surface area contributed by atoms with E-state index in [1.54, 1.807) is 24.3 Å². The van der Waals surface area contributed by atoms with Crippen molar-refractivity contribution >= 4 is 101 Å². The van der Waals surface area contributed by atoms with Gasteiger partial charge in [0.2, 0.25) is 5.91 Å². The van der Waals surface area contributed by atoms with Crippen LogP contribution in [0.3, 0.4) is 0 Å². The van der Waals surface area contributed by atoms with E-state index in [4.69, 9.17) is 45.4 Å². The standard InChI is InChI=1S/C54H43N7O2S2.2C7H6O3.2Zn/c1-29-23-25-35(33(5)27-29)43-45(53-55-39-19-11-13-21-41(39)64-53)49(60-51(62)37-17-9-7-15-31(37)3)58-47(43)57-48-44(36-26-24-30(2)28-34(36)6)46(54-56-40-20-12-14-22-42(40)65-54)50(59-48)61-52(63)38-18-10-8-16-32(38)4;2*8-6-4-2-1-3-5(6)7(9)10;;/h7-28H,1-6H3,(H3,55,56,57,58,59,60,61,62,63);2*1-4,8H,(H,9,10);;/p-1. The van der Waals surface area contributed by atoms with E-state index >= 15 is 0 Å². The molecule has 1 aliphatic heterocycles. The number of nitrogens with zero attached hydrogens (tertiary/aromatic N) is 5. The Kier molecular flexibility index (Phi) is 20.3. The summed E-state index contributed by atoms with van der Waals surface area (Å²) in [5, 5.41) is 42.4. The maximum Gasteiger partial charge on any atom is 0.339 e. The number of para-hydroxylation sites is 4. The van der Waals surface area contributed by atoms with Gasteiger partial charge in [-0.1, -0.05) is 139 Å². The Morgan fingerprint density at radius 1 is 0.471 bits per heavy atom. The monoisotopic (exact) mass is 1290 g/mol. The van der Waals surface area contributed by atoms with Gasteiger partial charge < -0.3 is 41.0 Å². The maximum atomic E-state index is 14.3. The molecule has 0 radical (unpaired) electrons. The van der Waals surface area contributed by atoms with Crippen LogP contribution in [0.15, 0.2) is 192 Å². The minimum atomic E-state index is -1.11. The van der Waals surface area contributed by atoms with Gasteiger partial charge in [0, 0.05) is 78.4 Å². The van der Waals surface area contributed by atoms with E-state index in [-0.39, 0.29) is 73.4 Å². The summed E-state index contributed by atoms with van der Waals surface area (Å²) in [6.45, 7) is 12.1. The minimum Gasteiger partial charge on any atom is -0.507 e. The van der Waals surface area contributed by atoms with Crippen LogP contribution in [0.25, 0.3) is 53.3 Å². The summed E-state index contributed by atoms with van der Waals surface area (Å²) < 4.78 is 1.99. The van der Waals surface area contributed by atoms with Gasteiger partial charge in [0.15, 0.2) is 0 Å². The van der Waals surface area contributed by atoms with Gasteiger partial charge >= 0.3 is 11.9 Å². The van der Waals surface area contributed by atoms with Crippen molar-refractivity contribution in [1.29, 1.82) is 0 Å². The number of aromatic carboxylic acids is 2. The Morgan fingerprint density at radius 2 is 0.908 bits per heavy atom. The van der Waals surface area contributed by atoms with Crippen LogP contribution in [-0.2, 0) is 39.0 Å². The third kappa shape index (κ3) is 14.0.